The number of hydrogen-bond acceptors (Lipinski definition) is 4. The first-order chi connectivity index (χ1) is 13.5. The molecule has 0 spiro atoms. The maximum absolute atomic E-state index is 13.8. The number of halogens is 4. The summed E-state index contributed by atoms with van der Waals surface area (Å²) in [5.41, 5.74) is 1.19. The smallest absolute Gasteiger partial charge is 0.229 e. The van der Waals surface area contributed by atoms with E-state index in [1.165, 1.54) is 24.7 Å². The van der Waals surface area contributed by atoms with Gasteiger partial charge >= 0.3 is 0 Å². The quantitative estimate of drug-likeness (QED) is 0.433. The topological polar surface area (TPSA) is 52.1 Å². The summed E-state index contributed by atoms with van der Waals surface area (Å²) in [5.74, 6) is -2.82. The monoisotopic (exact) mass is 388 g/mol. The first-order valence-corrected chi connectivity index (χ1v) is 8.29. The standard InChI is InChI=1S/C20H12F4N2O2/c21-11-1-5-15(17(23)7-11)19-25-13(9-27-19)3-4-14-10-28-20(26-14)16-6-2-12(22)8-18(16)24/h1-2,5-10H,3-4H2. The van der Waals surface area contributed by atoms with Crippen LogP contribution in [-0.2, 0) is 12.8 Å². The van der Waals surface area contributed by atoms with E-state index in [0.717, 1.165) is 24.3 Å². The fourth-order valence-electron chi connectivity index (χ4n) is 2.67. The molecule has 4 rings (SSSR count). The minimum atomic E-state index is -0.768. The summed E-state index contributed by atoms with van der Waals surface area (Å²) >= 11 is 0. The van der Waals surface area contributed by atoms with Gasteiger partial charge in [0.1, 0.15) is 35.8 Å². The molecule has 0 fully saturated rings. The summed E-state index contributed by atoms with van der Waals surface area (Å²) in [6, 6.07) is 6.25. The van der Waals surface area contributed by atoms with Crippen LogP contribution in [0.2, 0.25) is 0 Å². The molecule has 0 unspecified atom stereocenters. The summed E-state index contributed by atoms with van der Waals surface area (Å²) in [4.78, 5) is 8.37. The number of aromatic nitrogens is 2. The van der Waals surface area contributed by atoms with E-state index in [9.17, 15) is 17.6 Å². The maximum Gasteiger partial charge on any atom is 0.229 e. The van der Waals surface area contributed by atoms with Crippen LogP contribution in [0.15, 0.2) is 57.8 Å². The van der Waals surface area contributed by atoms with Crippen LogP contribution < -0.4 is 0 Å². The molecule has 0 aliphatic carbocycles. The predicted octanol–water partition coefficient (Wildman–Crippen LogP) is 5.34. The third kappa shape index (κ3) is 3.66. The number of aryl methyl sites for hydroxylation is 2. The Kier molecular flexibility index (Phi) is 4.68. The summed E-state index contributed by atoms with van der Waals surface area (Å²) < 4.78 is 64.1. The second-order valence-corrected chi connectivity index (χ2v) is 6.04. The predicted molar refractivity (Wildman–Crippen MR) is 91.1 cm³/mol. The molecule has 0 bridgehead atoms. The van der Waals surface area contributed by atoms with Crippen LogP contribution in [0, 0.1) is 23.3 Å². The van der Waals surface area contributed by atoms with Gasteiger partial charge in [0.2, 0.25) is 11.8 Å². The lowest BCUT2D eigenvalue weighted by Gasteiger charge is -1.98. The van der Waals surface area contributed by atoms with E-state index in [1.54, 1.807) is 0 Å². The highest BCUT2D eigenvalue weighted by Crippen LogP contribution is 2.25. The Morgan fingerprint density at radius 2 is 1.07 bits per heavy atom. The van der Waals surface area contributed by atoms with Crippen molar-refractivity contribution in [1.82, 2.24) is 9.97 Å². The van der Waals surface area contributed by atoms with Crippen molar-refractivity contribution in [3.63, 3.8) is 0 Å². The summed E-state index contributed by atoms with van der Waals surface area (Å²) in [6.45, 7) is 0. The molecule has 8 heteroatoms. The van der Waals surface area contributed by atoms with Gasteiger partial charge in [-0.05, 0) is 37.1 Å². The maximum atomic E-state index is 13.8. The van der Waals surface area contributed by atoms with Gasteiger partial charge in [-0.2, -0.15) is 0 Å². The van der Waals surface area contributed by atoms with Crippen molar-refractivity contribution in [2.45, 2.75) is 12.8 Å². The lowest BCUT2D eigenvalue weighted by Crippen LogP contribution is -1.93. The SMILES string of the molecule is Fc1ccc(-c2nc(CCc3coc(-c4ccc(F)cc4F)n3)co2)c(F)c1. The van der Waals surface area contributed by atoms with Gasteiger partial charge in [0.25, 0.3) is 0 Å². The molecular weight excluding hydrogens is 376 g/mol. The van der Waals surface area contributed by atoms with Gasteiger partial charge in [0.05, 0.1) is 22.5 Å². The molecule has 0 aliphatic heterocycles. The van der Waals surface area contributed by atoms with Crippen LogP contribution in [-0.4, -0.2) is 9.97 Å². The average Bonchev–Trinajstić information content (AvgIpc) is 3.29. The highest BCUT2D eigenvalue weighted by Gasteiger charge is 2.15. The summed E-state index contributed by atoms with van der Waals surface area (Å²) in [5, 5.41) is 0. The molecule has 2 aromatic heterocycles. The van der Waals surface area contributed by atoms with Crippen molar-refractivity contribution in [3.8, 4) is 22.9 Å². The van der Waals surface area contributed by atoms with E-state index in [-0.39, 0.29) is 22.9 Å². The van der Waals surface area contributed by atoms with Crippen molar-refractivity contribution in [1.29, 1.82) is 0 Å². The molecule has 142 valence electrons. The minimum Gasteiger partial charge on any atom is -0.444 e. The second kappa shape index (κ2) is 7.30. The lowest BCUT2D eigenvalue weighted by atomic mass is 10.2. The molecule has 0 amide bonds. The first kappa shape index (κ1) is 18.0. The molecule has 4 aromatic rings. The van der Waals surface area contributed by atoms with Gasteiger partial charge in [0, 0.05) is 12.1 Å². The molecule has 0 radical (unpaired) electrons. The number of nitrogens with zero attached hydrogens (tertiary/aromatic N) is 2. The molecular formula is C20H12F4N2O2. The lowest BCUT2D eigenvalue weighted by molar-refractivity contribution is 0.551. The Morgan fingerprint density at radius 3 is 1.46 bits per heavy atom. The van der Waals surface area contributed by atoms with E-state index in [4.69, 9.17) is 8.83 Å². The fourth-order valence-corrected chi connectivity index (χ4v) is 2.67. The number of benzene rings is 2. The van der Waals surface area contributed by atoms with E-state index in [1.807, 2.05) is 0 Å². The van der Waals surface area contributed by atoms with E-state index in [2.05, 4.69) is 9.97 Å². The van der Waals surface area contributed by atoms with Crippen molar-refractivity contribution >= 4 is 0 Å². The molecule has 2 heterocycles. The summed E-state index contributed by atoms with van der Waals surface area (Å²) in [7, 11) is 0. The average molecular weight is 388 g/mol. The second-order valence-electron chi connectivity index (χ2n) is 6.04. The minimum absolute atomic E-state index is 0.0433. The van der Waals surface area contributed by atoms with Crippen LogP contribution in [0.3, 0.4) is 0 Å². The van der Waals surface area contributed by atoms with Gasteiger partial charge in [-0.15, -0.1) is 0 Å². The Bertz CT molecular complexity index is 1050. The largest absolute Gasteiger partial charge is 0.444 e. The molecule has 4 nitrogen and oxygen atoms in total. The zero-order chi connectivity index (χ0) is 19.7. The van der Waals surface area contributed by atoms with Crippen molar-refractivity contribution < 1.29 is 26.4 Å². The van der Waals surface area contributed by atoms with Crippen molar-refractivity contribution in [2.24, 2.45) is 0 Å². The zero-order valence-corrected chi connectivity index (χ0v) is 14.3. The highest BCUT2D eigenvalue weighted by atomic mass is 19.1. The normalized spacial score (nSPS) is 11.1. The third-order valence-corrected chi connectivity index (χ3v) is 4.06. The Morgan fingerprint density at radius 1 is 0.643 bits per heavy atom. The molecule has 0 N–H and O–H groups in total. The third-order valence-electron chi connectivity index (χ3n) is 4.06. The fraction of sp³-hybridized carbons (Fsp3) is 0.100. The molecule has 0 aliphatic rings. The Hall–Kier alpha value is -3.42. The first-order valence-electron chi connectivity index (χ1n) is 8.29. The van der Waals surface area contributed by atoms with Gasteiger partial charge in [-0.25, -0.2) is 27.5 Å². The molecule has 0 saturated heterocycles. The van der Waals surface area contributed by atoms with Gasteiger partial charge in [-0.1, -0.05) is 0 Å². The molecule has 28 heavy (non-hydrogen) atoms. The molecule has 0 atom stereocenters. The summed E-state index contributed by atoms with van der Waals surface area (Å²) in [6.07, 6.45) is 3.56. The molecule has 0 saturated carbocycles. The Balaban J connectivity index is 1.46. The Labute approximate surface area is 156 Å². The highest BCUT2D eigenvalue weighted by molar-refractivity contribution is 5.55. The van der Waals surface area contributed by atoms with Crippen molar-refractivity contribution in [2.75, 3.05) is 0 Å². The molecule has 2 aromatic carbocycles. The van der Waals surface area contributed by atoms with E-state index < -0.39 is 23.3 Å². The number of rotatable bonds is 5. The van der Waals surface area contributed by atoms with Crippen LogP contribution in [0.1, 0.15) is 11.4 Å². The van der Waals surface area contributed by atoms with Crippen LogP contribution in [0.25, 0.3) is 22.9 Å². The number of oxazole rings is 2. The van der Waals surface area contributed by atoms with Crippen LogP contribution in [0.4, 0.5) is 17.6 Å². The number of hydrogen-bond donors (Lipinski definition) is 0. The van der Waals surface area contributed by atoms with Gasteiger partial charge in [-0.3, -0.25) is 0 Å². The zero-order valence-electron chi connectivity index (χ0n) is 14.3. The van der Waals surface area contributed by atoms with Crippen LogP contribution >= 0.6 is 0 Å². The van der Waals surface area contributed by atoms with Gasteiger partial charge < -0.3 is 8.83 Å². The van der Waals surface area contributed by atoms with Crippen LogP contribution in [0.5, 0.6) is 0 Å². The van der Waals surface area contributed by atoms with Crippen molar-refractivity contribution in [3.05, 3.63) is 83.6 Å². The van der Waals surface area contributed by atoms with E-state index in [0.29, 0.717) is 24.2 Å². The van der Waals surface area contributed by atoms with Gasteiger partial charge in [0.15, 0.2) is 0 Å². The van der Waals surface area contributed by atoms with E-state index >= 15 is 0 Å².